The van der Waals surface area contributed by atoms with Gasteiger partial charge in [0, 0.05) is 41.7 Å². The molecule has 2 aromatic rings. The van der Waals surface area contributed by atoms with Gasteiger partial charge in [0.25, 0.3) is 0 Å². The van der Waals surface area contributed by atoms with Crippen LogP contribution in [0, 0.1) is 12.8 Å². The highest BCUT2D eigenvalue weighted by Gasteiger charge is 2.36. The molecular weight excluding hydrogens is 312 g/mol. The van der Waals surface area contributed by atoms with E-state index >= 15 is 0 Å². The lowest BCUT2D eigenvalue weighted by Gasteiger charge is -2.29. The zero-order valence-corrected chi connectivity index (χ0v) is 13.9. The molecule has 0 spiro atoms. The lowest BCUT2D eigenvalue weighted by molar-refractivity contribution is -0.135. The highest BCUT2D eigenvalue weighted by molar-refractivity contribution is 7.91. The van der Waals surface area contributed by atoms with Crippen molar-refractivity contribution in [3.05, 3.63) is 35.0 Å². The molecule has 1 aromatic heterocycles. The summed E-state index contributed by atoms with van der Waals surface area (Å²) in [6, 6.07) is 6.21. The monoisotopic (exact) mass is 332 g/mol. The molecule has 0 aliphatic carbocycles. The van der Waals surface area contributed by atoms with E-state index in [2.05, 4.69) is 24.0 Å². The predicted molar refractivity (Wildman–Crippen MR) is 88.9 cm³/mol. The summed E-state index contributed by atoms with van der Waals surface area (Å²) in [4.78, 5) is 18.0. The Morgan fingerprint density at radius 2 is 2.17 bits per heavy atom. The predicted octanol–water partition coefficient (Wildman–Crippen LogP) is 1.80. The number of nitrogens with one attached hydrogen (secondary N) is 1. The second-order valence-corrected chi connectivity index (χ2v) is 8.92. The van der Waals surface area contributed by atoms with Crippen molar-refractivity contribution < 1.29 is 13.2 Å². The summed E-state index contributed by atoms with van der Waals surface area (Å²) >= 11 is 0. The van der Waals surface area contributed by atoms with Crippen LogP contribution in [0.3, 0.4) is 0 Å². The average molecular weight is 332 g/mol. The second kappa shape index (κ2) is 5.09. The van der Waals surface area contributed by atoms with Crippen LogP contribution in [0.2, 0.25) is 0 Å². The van der Waals surface area contributed by atoms with Gasteiger partial charge in [0.05, 0.1) is 17.4 Å². The molecule has 1 fully saturated rings. The lowest BCUT2D eigenvalue weighted by atomic mass is 10.0. The van der Waals surface area contributed by atoms with Gasteiger partial charge in [-0.1, -0.05) is 18.2 Å². The number of aromatic nitrogens is 1. The second-order valence-electron chi connectivity index (χ2n) is 6.69. The van der Waals surface area contributed by atoms with E-state index in [1.54, 1.807) is 0 Å². The van der Waals surface area contributed by atoms with E-state index in [9.17, 15) is 13.2 Å². The topological polar surface area (TPSA) is 70.2 Å². The summed E-state index contributed by atoms with van der Waals surface area (Å²) in [6.07, 6.45) is 1.27. The lowest BCUT2D eigenvalue weighted by Crippen LogP contribution is -2.40. The van der Waals surface area contributed by atoms with Gasteiger partial charge in [0.15, 0.2) is 9.84 Å². The molecule has 0 bridgehead atoms. The third kappa shape index (κ3) is 2.45. The number of para-hydroxylation sites is 1. The van der Waals surface area contributed by atoms with Crippen molar-refractivity contribution in [3.8, 4) is 0 Å². The summed E-state index contributed by atoms with van der Waals surface area (Å²) in [5.74, 6) is -0.191. The molecule has 6 heteroatoms. The molecule has 0 unspecified atom stereocenters. The normalized spacial score (nSPS) is 23.2. The zero-order chi connectivity index (χ0) is 16.2. The molecule has 23 heavy (non-hydrogen) atoms. The van der Waals surface area contributed by atoms with E-state index in [1.165, 1.54) is 22.2 Å². The molecule has 4 rings (SSSR count). The molecule has 0 saturated carbocycles. The molecular formula is C17H20N2O3S. The maximum absolute atomic E-state index is 12.7. The number of hydrogen-bond acceptors (Lipinski definition) is 3. The first-order valence-electron chi connectivity index (χ1n) is 8.03. The van der Waals surface area contributed by atoms with Crippen molar-refractivity contribution in [3.63, 3.8) is 0 Å². The number of hydrogen-bond donors (Lipinski definition) is 1. The number of rotatable bonds is 1. The summed E-state index contributed by atoms with van der Waals surface area (Å²) in [5.41, 5.74) is 4.74. The summed E-state index contributed by atoms with van der Waals surface area (Å²) < 4.78 is 23.2. The highest BCUT2D eigenvalue weighted by Crippen LogP contribution is 2.31. The number of benzene rings is 1. The SMILES string of the molecule is Cc1cccc2c3c([nH]c12)CCN(C(=O)[C@@H]1CCS(=O)(=O)C1)C3. The first kappa shape index (κ1) is 14.8. The van der Waals surface area contributed by atoms with Gasteiger partial charge in [-0.15, -0.1) is 0 Å². The van der Waals surface area contributed by atoms with E-state index in [-0.39, 0.29) is 23.3 Å². The van der Waals surface area contributed by atoms with Gasteiger partial charge >= 0.3 is 0 Å². The van der Waals surface area contributed by atoms with Gasteiger partial charge in [-0.25, -0.2) is 8.42 Å². The van der Waals surface area contributed by atoms with Crippen molar-refractivity contribution in [2.24, 2.45) is 5.92 Å². The maximum Gasteiger partial charge on any atom is 0.227 e. The van der Waals surface area contributed by atoms with Crippen LogP contribution in [0.4, 0.5) is 0 Å². The number of aromatic amines is 1. The fourth-order valence-corrected chi connectivity index (χ4v) is 5.55. The van der Waals surface area contributed by atoms with Gasteiger partial charge in [-0.2, -0.15) is 0 Å². The number of carbonyl (C=O) groups is 1. The van der Waals surface area contributed by atoms with Crippen LogP contribution in [-0.2, 0) is 27.6 Å². The standard InChI is InChI=1S/C17H20N2O3S/c1-11-3-2-4-13-14-9-19(7-5-15(14)18-16(11)13)17(20)12-6-8-23(21,22)10-12/h2-4,12,18H,5-10H2,1H3/t12-/m1/s1. The van der Waals surface area contributed by atoms with Gasteiger partial charge in [-0.3, -0.25) is 4.79 Å². The fraction of sp³-hybridized carbons (Fsp3) is 0.471. The van der Waals surface area contributed by atoms with Gasteiger partial charge in [0.2, 0.25) is 5.91 Å². The molecule has 1 saturated heterocycles. The molecule has 1 N–H and O–H groups in total. The number of sulfone groups is 1. The first-order chi connectivity index (χ1) is 10.9. The van der Waals surface area contributed by atoms with Crippen molar-refractivity contribution in [1.29, 1.82) is 0 Å². The molecule has 1 atom stereocenters. The van der Waals surface area contributed by atoms with Crippen molar-refractivity contribution in [2.45, 2.75) is 26.3 Å². The van der Waals surface area contributed by atoms with E-state index in [1.807, 2.05) is 11.0 Å². The number of nitrogens with zero attached hydrogens (tertiary/aromatic N) is 1. The summed E-state index contributed by atoms with van der Waals surface area (Å²) in [6.45, 7) is 3.32. The summed E-state index contributed by atoms with van der Waals surface area (Å²) in [5, 5.41) is 1.18. The molecule has 2 aliphatic rings. The van der Waals surface area contributed by atoms with Crippen LogP contribution >= 0.6 is 0 Å². The Bertz CT molecular complexity index is 898. The Morgan fingerprint density at radius 3 is 2.91 bits per heavy atom. The largest absolute Gasteiger partial charge is 0.358 e. The molecule has 5 nitrogen and oxygen atoms in total. The first-order valence-corrected chi connectivity index (χ1v) is 9.85. The summed E-state index contributed by atoms with van der Waals surface area (Å²) in [7, 11) is -3.02. The van der Waals surface area contributed by atoms with Crippen molar-refractivity contribution >= 4 is 26.6 Å². The minimum Gasteiger partial charge on any atom is -0.358 e. The minimum absolute atomic E-state index is 0.00118. The van der Waals surface area contributed by atoms with E-state index in [4.69, 9.17) is 0 Å². The van der Waals surface area contributed by atoms with Crippen LogP contribution in [0.15, 0.2) is 18.2 Å². The third-order valence-electron chi connectivity index (χ3n) is 5.11. The van der Waals surface area contributed by atoms with Gasteiger partial charge in [0.1, 0.15) is 0 Å². The molecule has 122 valence electrons. The Morgan fingerprint density at radius 1 is 1.35 bits per heavy atom. The minimum atomic E-state index is -3.02. The highest BCUT2D eigenvalue weighted by atomic mass is 32.2. The Hall–Kier alpha value is -1.82. The van der Waals surface area contributed by atoms with E-state index < -0.39 is 9.84 Å². The molecule has 1 amide bonds. The Kier molecular flexibility index (Phi) is 3.27. The number of aryl methyl sites for hydroxylation is 1. The maximum atomic E-state index is 12.7. The quantitative estimate of drug-likeness (QED) is 0.865. The number of amides is 1. The molecule has 0 radical (unpaired) electrons. The fourth-order valence-electron chi connectivity index (χ4n) is 3.82. The van der Waals surface area contributed by atoms with Crippen molar-refractivity contribution in [1.82, 2.24) is 9.88 Å². The van der Waals surface area contributed by atoms with Crippen LogP contribution < -0.4 is 0 Å². The van der Waals surface area contributed by atoms with E-state index in [0.29, 0.717) is 19.5 Å². The van der Waals surface area contributed by atoms with Crippen LogP contribution in [0.1, 0.15) is 23.2 Å². The van der Waals surface area contributed by atoms with Crippen molar-refractivity contribution in [2.75, 3.05) is 18.1 Å². The van der Waals surface area contributed by atoms with Gasteiger partial charge in [-0.05, 0) is 18.9 Å². The zero-order valence-electron chi connectivity index (χ0n) is 13.1. The number of fused-ring (bicyclic) bond motifs is 3. The Balaban J connectivity index is 1.63. The van der Waals surface area contributed by atoms with Crippen LogP contribution in [0.5, 0.6) is 0 Å². The molecule has 2 aliphatic heterocycles. The number of H-pyrrole nitrogens is 1. The van der Waals surface area contributed by atoms with Crippen LogP contribution in [-0.4, -0.2) is 42.3 Å². The van der Waals surface area contributed by atoms with Gasteiger partial charge < -0.3 is 9.88 Å². The smallest absolute Gasteiger partial charge is 0.227 e. The van der Waals surface area contributed by atoms with E-state index in [0.717, 1.165) is 11.9 Å². The van der Waals surface area contributed by atoms with Crippen LogP contribution in [0.25, 0.3) is 10.9 Å². The Labute approximate surface area is 135 Å². The number of carbonyl (C=O) groups excluding carboxylic acids is 1. The molecule has 1 aromatic carbocycles. The average Bonchev–Trinajstić information content (AvgIpc) is 3.07. The molecule has 3 heterocycles. The third-order valence-corrected chi connectivity index (χ3v) is 6.88.